The highest BCUT2D eigenvalue weighted by molar-refractivity contribution is 6.31. The monoisotopic (exact) mass is 277 g/mol. The summed E-state index contributed by atoms with van der Waals surface area (Å²) in [7, 11) is 0. The lowest BCUT2D eigenvalue weighted by Crippen LogP contribution is -2.25. The molecule has 1 aromatic heterocycles. The van der Waals surface area contributed by atoms with Crippen LogP contribution in [0.5, 0.6) is 0 Å². The molecule has 102 valence electrons. The smallest absolute Gasteiger partial charge is 0.0762 e. The number of aromatic nitrogens is 2. The molecule has 1 heterocycles. The second-order valence-electron chi connectivity index (χ2n) is 4.54. The van der Waals surface area contributed by atoms with Gasteiger partial charge >= 0.3 is 0 Å². The van der Waals surface area contributed by atoms with E-state index in [-0.39, 0.29) is 6.04 Å². The highest BCUT2D eigenvalue weighted by atomic mass is 35.5. The fourth-order valence-electron chi connectivity index (χ4n) is 2.34. The Balaban J connectivity index is 2.48. The Bertz CT molecular complexity index is 548. The molecule has 0 saturated carbocycles. The van der Waals surface area contributed by atoms with Crippen LogP contribution in [0.15, 0.2) is 30.3 Å². The summed E-state index contributed by atoms with van der Waals surface area (Å²) in [6.45, 7) is 7.96. The van der Waals surface area contributed by atoms with Crippen LogP contribution in [-0.2, 0) is 6.54 Å². The fourth-order valence-corrected chi connectivity index (χ4v) is 2.58. The van der Waals surface area contributed by atoms with Crippen molar-refractivity contribution in [2.45, 2.75) is 33.4 Å². The van der Waals surface area contributed by atoms with Crippen molar-refractivity contribution in [1.29, 1.82) is 0 Å². The minimum atomic E-state index is 0.0832. The Morgan fingerprint density at radius 2 is 2.05 bits per heavy atom. The lowest BCUT2D eigenvalue weighted by Gasteiger charge is -2.20. The number of rotatable bonds is 5. The van der Waals surface area contributed by atoms with Crippen LogP contribution in [0.4, 0.5) is 0 Å². The molecule has 0 saturated heterocycles. The van der Waals surface area contributed by atoms with E-state index in [4.69, 9.17) is 11.6 Å². The molecule has 3 nitrogen and oxygen atoms in total. The first-order chi connectivity index (χ1) is 9.17. The first kappa shape index (κ1) is 14.1. The molecular weight excluding hydrogens is 258 g/mol. The van der Waals surface area contributed by atoms with E-state index in [9.17, 15) is 0 Å². The maximum atomic E-state index is 6.34. The van der Waals surface area contributed by atoms with Gasteiger partial charge in [0.05, 0.1) is 17.4 Å². The quantitative estimate of drug-likeness (QED) is 0.906. The second-order valence-corrected chi connectivity index (χ2v) is 4.95. The van der Waals surface area contributed by atoms with Gasteiger partial charge in [-0.05, 0) is 38.1 Å². The Morgan fingerprint density at radius 3 is 2.68 bits per heavy atom. The molecule has 0 radical (unpaired) electrons. The highest BCUT2D eigenvalue weighted by Crippen LogP contribution is 2.28. The average molecular weight is 278 g/mol. The Morgan fingerprint density at radius 1 is 1.32 bits per heavy atom. The van der Waals surface area contributed by atoms with Crippen LogP contribution in [0.25, 0.3) is 0 Å². The topological polar surface area (TPSA) is 29.9 Å². The molecule has 0 aliphatic heterocycles. The molecule has 0 fully saturated rings. The zero-order valence-electron chi connectivity index (χ0n) is 11.7. The Hall–Kier alpha value is -1.32. The standard InChI is InChI=1S/C15H20ClN3/c1-4-17-15(12-8-6-7-9-13(12)16)14-10-11(3)18-19(14)5-2/h6-10,15,17H,4-5H2,1-3H3. The van der Waals surface area contributed by atoms with Crippen LogP contribution in [0.1, 0.15) is 36.8 Å². The van der Waals surface area contributed by atoms with Gasteiger partial charge in [-0.15, -0.1) is 0 Å². The van der Waals surface area contributed by atoms with E-state index in [2.05, 4.69) is 36.4 Å². The average Bonchev–Trinajstić information content (AvgIpc) is 2.78. The summed E-state index contributed by atoms with van der Waals surface area (Å²) in [5.74, 6) is 0. The SMILES string of the molecule is CCNC(c1ccccc1Cl)c1cc(C)nn1CC. The van der Waals surface area contributed by atoms with Gasteiger partial charge in [-0.1, -0.05) is 36.7 Å². The molecule has 0 aliphatic carbocycles. The molecule has 2 rings (SSSR count). The van der Waals surface area contributed by atoms with Gasteiger partial charge in [-0.2, -0.15) is 5.10 Å². The molecule has 0 spiro atoms. The molecule has 0 amide bonds. The molecule has 1 aromatic carbocycles. The normalized spacial score (nSPS) is 12.6. The zero-order chi connectivity index (χ0) is 13.8. The van der Waals surface area contributed by atoms with Crippen molar-refractivity contribution in [2.75, 3.05) is 6.54 Å². The van der Waals surface area contributed by atoms with Crippen LogP contribution >= 0.6 is 11.6 Å². The zero-order valence-corrected chi connectivity index (χ0v) is 12.4. The van der Waals surface area contributed by atoms with E-state index >= 15 is 0 Å². The number of hydrogen-bond donors (Lipinski definition) is 1. The molecule has 1 unspecified atom stereocenters. The van der Waals surface area contributed by atoms with Gasteiger partial charge in [0, 0.05) is 11.6 Å². The molecule has 19 heavy (non-hydrogen) atoms. The summed E-state index contributed by atoms with van der Waals surface area (Å²) in [5, 5.41) is 8.81. The summed E-state index contributed by atoms with van der Waals surface area (Å²) < 4.78 is 2.03. The van der Waals surface area contributed by atoms with Gasteiger partial charge < -0.3 is 5.32 Å². The number of nitrogens with one attached hydrogen (secondary N) is 1. The summed E-state index contributed by atoms with van der Waals surface area (Å²) >= 11 is 6.34. The lowest BCUT2D eigenvalue weighted by atomic mass is 10.0. The van der Waals surface area contributed by atoms with Crippen molar-refractivity contribution in [3.63, 3.8) is 0 Å². The molecule has 1 N–H and O–H groups in total. The number of hydrogen-bond acceptors (Lipinski definition) is 2. The van der Waals surface area contributed by atoms with Crippen LogP contribution in [0, 0.1) is 6.92 Å². The van der Waals surface area contributed by atoms with Crippen molar-refractivity contribution in [1.82, 2.24) is 15.1 Å². The van der Waals surface area contributed by atoms with Crippen molar-refractivity contribution >= 4 is 11.6 Å². The van der Waals surface area contributed by atoms with Crippen LogP contribution in [-0.4, -0.2) is 16.3 Å². The largest absolute Gasteiger partial charge is 0.305 e. The fraction of sp³-hybridized carbons (Fsp3) is 0.400. The van der Waals surface area contributed by atoms with E-state index in [1.54, 1.807) is 0 Å². The highest BCUT2D eigenvalue weighted by Gasteiger charge is 2.20. The van der Waals surface area contributed by atoms with Crippen molar-refractivity contribution in [3.05, 3.63) is 52.3 Å². The Kier molecular flexibility index (Phi) is 4.61. The van der Waals surface area contributed by atoms with Gasteiger partial charge in [-0.3, -0.25) is 4.68 Å². The number of aryl methyl sites for hydroxylation is 2. The number of halogens is 1. The number of nitrogens with zero attached hydrogens (tertiary/aromatic N) is 2. The van der Waals surface area contributed by atoms with Crippen LogP contribution in [0.3, 0.4) is 0 Å². The van der Waals surface area contributed by atoms with Crippen molar-refractivity contribution in [3.8, 4) is 0 Å². The molecule has 1 atom stereocenters. The summed E-state index contributed by atoms with van der Waals surface area (Å²) in [5.41, 5.74) is 3.29. The minimum absolute atomic E-state index is 0.0832. The van der Waals surface area contributed by atoms with E-state index in [0.29, 0.717) is 0 Å². The predicted octanol–water partition coefficient (Wildman–Crippen LogP) is 3.56. The van der Waals surface area contributed by atoms with Gasteiger partial charge in [0.2, 0.25) is 0 Å². The first-order valence-corrected chi connectivity index (χ1v) is 7.07. The third-order valence-corrected chi connectivity index (χ3v) is 3.50. The van der Waals surface area contributed by atoms with E-state index in [1.165, 1.54) is 0 Å². The van der Waals surface area contributed by atoms with Crippen LogP contribution in [0.2, 0.25) is 5.02 Å². The van der Waals surface area contributed by atoms with Crippen molar-refractivity contribution in [2.24, 2.45) is 0 Å². The molecule has 0 bridgehead atoms. The van der Waals surface area contributed by atoms with Crippen molar-refractivity contribution < 1.29 is 0 Å². The lowest BCUT2D eigenvalue weighted by molar-refractivity contribution is 0.541. The van der Waals surface area contributed by atoms with E-state index in [1.807, 2.05) is 29.8 Å². The van der Waals surface area contributed by atoms with Gasteiger partial charge in [0.1, 0.15) is 0 Å². The second kappa shape index (κ2) is 6.22. The summed E-state index contributed by atoms with van der Waals surface area (Å²) in [6.07, 6.45) is 0. The van der Waals surface area contributed by atoms with E-state index < -0.39 is 0 Å². The molecule has 0 aliphatic rings. The van der Waals surface area contributed by atoms with E-state index in [0.717, 1.165) is 35.1 Å². The third kappa shape index (κ3) is 2.99. The summed E-state index contributed by atoms with van der Waals surface area (Å²) in [6, 6.07) is 10.2. The predicted molar refractivity (Wildman–Crippen MR) is 79.6 cm³/mol. The molecular formula is C15H20ClN3. The maximum Gasteiger partial charge on any atom is 0.0762 e. The van der Waals surface area contributed by atoms with Gasteiger partial charge in [-0.25, -0.2) is 0 Å². The van der Waals surface area contributed by atoms with Crippen LogP contribution < -0.4 is 5.32 Å². The number of benzene rings is 1. The minimum Gasteiger partial charge on any atom is -0.305 e. The van der Waals surface area contributed by atoms with Gasteiger partial charge in [0.15, 0.2) is 0 Å². The third-order valence-electron chi connectivity index (χ3n) is 3.15. The maximum absolute atomic E-state index is 6.34. The molecule has 2 aromatic rings. The first-order valence-electron chi connectivity index (χ1n) is 6.69. The molecule has 4 heteroatoms. The van der Waals surface area contributed by atoms with Gasteiger partial charge in [0.25, 0.3) is 0 Å². The Labute approximate surface area is 119 Å². The summed E-state index contributed by atoms with van der Waals surface area (Å²) in [4.78, 5) is 0.